The Hall–Kier alpha value is -1.95. The average molecular weight is 401 g/mol. The Bertz CT molecular complexity index is 906. The average Bonchev–Trinajstić information content (AvgIpc) is 3.23. The SMILES string of the molecule is C.O=C1OCC=CS(=O)(=O)OC2CC[C@@H](C(O)c3cn4cncc4s3)N12. The fourth-order valence-corrected chi connectivity index (χ4v) is 4.96. The van der Waals surface area contributed by atoms with E-state index in [9.17, 15) is 18.3 Å². The Morgan fingerprint density at radius 2 is 2.19 bits per heavy atom. The summed E-state index contributed by atoms with van der Waals surface area (Å²) in [4.78, 5) is 19.0. The predicted molar refractivity (Wildman–Crippen MR) is 93.9 cm³/mol. The number of amides is 1. The van der Waals surface area contributed by atoms with Crippen LogP contribution < -0.4 is 0 Å². The fourth-order valence-electron chi connectivity index (χ4n) is 3.08. The number of imidazole rings is 1. The van der Waals surface area contributed by atoms with Crippen LogP contribution in [-0.2, 0) is 19.0 Å². The molecule has 2 aromatic heterocycles. The first kappa shape index (κ1) is 18.8. The largest absolute Gasteiger partial charge is 0.445 e. The second-order valence-corrected chi connectivity index (χ2v) is 8.31. The minimum Gasteiger partial charge on any atom is -0.445 e. The Morgan fingerprint density at radius 3 is 2.96 bits per heavy atom. The van der Waals surface area contributed by atoms with Crippen LogP contribution >= 0.6 is 11.3 Å². The Morgan fingerprint density at radius 1 is 1.38 bits per heavy atom. The van der Waals surface area contributed by atoms with Crippen molar-refractivity contribution in [1.29, 1.82) is 0 Å². The highest BCUT2D eigenvalue weighted by molar-refractivity contribution is 7.89. The summed E-state index contributed by atoms with van der Waals surface area (Å²) >= 11 is 1.35. The molecular formula is C15H19N3O6S2. The molecule has 0 bridgehead atoms. The van der Waals surface area contributed by atoms with E-state index in [1.807, 2.05) is 0 Å². The van der Waals surface area contributed by atoms with E-state index in [1.165, 1.54) is 22.3 Å². The molecule has 9 nitrogen and oxygen atoms in total. The highest BCUT2D eigenvalue weighted by atomic mass is 32.2. The van der Waals surface area contributed by atoms with Gasteiger partial charge in [0.1, 0.15) is 17.5 Å². The number of aliphatic hydroxyl groups is 1. The number of ether oxygens (including phenoxy) is 1. The Labute approximate surface area is 154 Å². The van der Waals surface area contributed by atoms with E-state index < -0.39 is 34.6 Å². The zero-order valence-electron chi connectivity index (χ0n) is 12.9. The van der Waals surface area contributed by atoms with Gasteiger partial charge in [-0.25, -0.2) is 14.0 Å². The predicted octanol–water partition coefficient (Wildman–Crippen LogP) is 1.87. The number of thiazole rings is 1. The second-order valence-electron chi connectivity index (χ2n) is 5.76. The number of nitrogens with zero attached hydrogens (tertiary/aromatic N) is 3. The van der Waals surface area contributed by atoms with E-state index in [1.54, 1.807) is 23.1 Å². The third-order valence-corrected chi connectivity index (χ3v) is 6.30. The van der Waals surface area contributed by atoms with Crippen molar-refractivity contribution in [1.82, 2.24) is 14.3 Å². The molecule has 26 heavy (non-hydrogen) atoms. The monoisotopic (exact) mass is 401 g/mol. The van der Waals surface area contributed by atoms with Gasteiger partial charge in [0, 0.05) is 6.20 Å². The van der Waals surface area contributed by atoms with Crippen LogP contribution in [-0.4, -0.2) is 52.8 Å². The molecule has 3 atom stereocenters. The van der Waals surface area contributed by atoms with Gasteiger partial charge in [-0.15, -0.1) is 11.3 Å². The molecule has 11 heteroatoms. The zero-order chi connectivity index (χ0) is 17.6. The Balaban J connectivity index is 0.00000196. The van der Waals surface area contributed by atoms with Crippen LogP contribution in [0, 0.1) is 0 Å². The number of carbonyl (C=O) groups excluding carboxylic acids is 1. The lowest BCUT2D eigenvalue weighted by Gasteiger charge is -2.30. The molecule has 0 spiro atoms. The number of aliphatic hydroxyl groups excluding tert-OH is 1. The summed E-state index contributed by atoms with van der Waals surface area (Å²) in [6.07, 6.45) is 4.24. The Kier molecular flexibility index (Phi) is 5.06. The maximum atomic E-state index is 12.4. The van der Waals surface area contributed by atoms with Crippen LogP contribution in [0.5, 0.6) is 0 Å². The molecule has 4 rings (SSSR count). The van der Waals surface area contributed by atoms with E-state index in [2.05, 4.69) is 4.98 Å². The first-order valence-corrected chi connectivity index (χ1v) is 9.88. The molecule has 1 saturated heterocycles. The molecule has 1 amide bonds. The van der Waals surface area contributed by atoms with Gasteiger partial charge in [0.05, 0.1) is 28.9 Å². The molecular weight excluding hydrogens is 382 g/mol. The van der Waals surface area contributed by atoms with Crippen LogP contribution in [0.4, 0.5) is 4.79 Å². The van der Waals surface area contributed by atoms with E-state index in [-0.39, 0.29) is 20.5 Å². The van der Waals surface area contributed by atoms with Crippen LogP contribution in [0.25, 0.3) is 4.83 Å². The van der Waals surface area contributed by atoms with E-state index in [4.69, 9.17) is 8.92 Å². The smallest absolute Gasteiger partial charge is 0.412 e. The summed E-state index contributed by atoms with van der Waals surface area (Å²) in [5.74, 6) is 0. The van der Waals surface area contributed by atoms with E-state index in [0.29, 0.717) is 11.3 Å². The third kappa shape index (κ3) is 3.34. The van der Waals surface area contributed by atoms with Gasteiger partial charge in [-0.05, 0) is 18.9 Å². The number of hydrogen-bond donors (Lipinski definition) is 1. The molecule has 0 radical (unpaired) electrons. The van der Waals surface area contributed by atoms with Crippen molar-refractivity contribution < 1.29 is 27.2 Å². The molecule has 2 aliphatic heterocycles. The number of carbonyl (C=O) groups is 1. The number of fused-ring (bicyclic) bond motifs is 2. The standard InChI is InChI=1S/C14H15N3O6S2.CH4/c18-13(10-7-16-8-15-6-12(16)24-10)9-2-3-11-17(9)14(19)22-4-1-5-25(20,21)23-11;/h1,5-9,11,13,18H,2-4H2;1H4/t9-,11?,13?;/m0./s1. The van der Waals surface area contributed by atoms with Gasteiger partial charge >= 0.3 is 6.09 Å². The third-order valence-electron chi connectivity index (χ3n) is 4.17. The molecule has 0 aliphatic carbocycles. The molecule has 1 N–H and O–H groups in total. The maximum absolute atomic E-state index is 12.4. The van der Waals surface area contributed by atoms with Gasteiger partial charge in [-0.1, -0.05) is 7.43 Å². The van der Waals surface area contributed by atoms with Crippen molar-refractivity contribution in [2.75, 3.05) is 6.61 Å². The van der Waals surface area contributed by atoms with Crippen molar-refractivity contribution in [3.63, 3.8) is 0 Å². The van der Waals surface area contributed by atoms with Gasteiger partial charge in [-0.2, -0.15) is 8.42 Å². The van der Waals surface area contributed by atoms with Crippen LogP contribution in [0.1, 0.15) is 31.2 Å². The van der Waals surface area contributed by atoms with Gasteiger partial charge in [0.25, 0.3) is 10.1 Å². The van der Waals surface area contributed by atoms with Crippen LogP contribution in [0.3, 0.4) is 0 Å². The summed E-state index contributed by atoms with van der Waals surface area (Å²) in [5.41, 5.74) is 0. The minimum atomic E-state index is -3.91. The number of cyclic esters (lactones) is 1. The van der Waals surface area contributed by atoms with E-state index in [0.717, 1.165) is 10.2 Å². The fraction of sp³-hybridized carbons (Fsp3) is 0.467. The lowest BCUT2D eigenvalue weighted by atomic mass is 10.1. The summed E-state index contributed by atoms with van der Waals surface area (Å²) in [6, 6.07) is -0.637. The van der Waals surface area contributed by atoms with Gasteiger partial charge in [-0.3, -0.25) is 9.30 Å². The molecule has 142 valence electrons. The quantitative estimate of drug-likeness (QED) is 0.765. The maximum Gasteiger partial charge on any atom is 0.412 e. The van der Waals surface area contributed by atoms with Gasteiger partial charge < -0.3 is 9.84 Å². The van der Waals surface area contributed by atoms with Crippen molar-refractivity contribution in [2.24, 2.45) is 0 Å². The molecule has 0 aromatic carbocycles. The first-order valence-electron chi connectivity index (χ1n) is 7.59. The number of aromatic nitrogens is 2. The zero-order valence-corrected chi connectivity index (χ0v) is 14.5. The van der Waals surface area contributed by atoms with Crippen LogP contribution in [0.2, 0.25) is 0 Å². The first-order chi connectivity index (χ1) is 11.9. The lowest BCUT2D eigenvalue weighted by Crippen LogP contribution is -2.45. The summed E-state index contributed by atoms with van der Waals surface area (Å²) in [5, 5.41) is 11.6. The van der Waals surface area contributed by atoms with E-state index >= 15 is 0 Å². The van der Waals surface area contributed by atoms with Crippen molar-refractivity contribution in [2.45, 2.75) is 38.6 Å². The number of hydrogen-bond acceptors (Lipinski definition) is 8. The number of rotatable bonds is 2. The van der Waals surface area contributed by atoms with Crippen molar-refractivity contribution in [3.05, 3.63) is 35.1 Å². The van der Waals surface area contributed by atoms with Gasteiger partial charge in [0.2, 0.25) is 0 Å². The molecule has 2 aliphatic rings. The van der Waals surface area contributed by atoms with Crippen molar-refractivity contribution >= 4 is 32.4 Å². The topological polar surface area (TPSA) is 110 Å². The highest BCUT2D eigenvalue weighted by Gasteiger charge is 2.45. The molecule has 2 unspecified atom stereocenters. The molecule has 1 fully saturated rings. The molecule has 4 heterocycles. The second kappa shape index (κ2) is 6.99. The van der Waals surface area contributed by atoms with Crippen molar-refractivity contribution in [3.8, 4) is 0 Å². The minimum absolute atomic E-state index is 0. The highest BCUT2D eigenvalue weighted by Crippen LogP contribution is 2.37. The molecule has 2 aromatic rings. The normalized spacial score (nSPS) is 26.3. The van der Waals surface area contributed by atoms with Crippen LogP contribution in [0.15, 0.2) is 30.2 Å². The summed E-state index contributed by atoms with van der Waals surface area (Å²) in [7, 11) is -3.91. The van der Waals surface area contributed by atoms with Gasteiger partial charge in [0.15, 0.2) is 6.23 Å². The summed E-state index contributed by atoms with van der Waals surface area (Å²) in [6.45, 7) is -0.179. The summed E-state index contributed by atoms with van der Waals surface area (Å²) < 4.78 is 35.7. The molecule has 0 saturated carbocycles. The lowest BCUT2D eigenvalue weighted by molar-refractivity contribution is -0.00113.